The van der Waals surface area contributed by atoms with Crippen LogP contribution in [0.3, 0.4) is 0 Å². The summed E-state index contributed by atoms with van der Waals surface area (Å²) in [7, 11) is 0. The van der Waals surface area contributed by atoms with E-state index in [-0.39, 0.29) is 17.3 Å². The highest BCUT2D eigenvalue weighted by atomic mass is 32.1. The summed E-state index contributed by atoms with van der Waals surface area (Å²) in [6, 6.07) is 6.84. The molecule has 0 aliphatic heterocycles. The van der Waals surface area contributed by atoms with E-state index < -0.39 is 0 Å². The van der Waals surface area contributed by atoms with Crippen LogP contribution in [-0.2, 0) is 11.8 Å². The molecule has 0 amide bonds. The van der Waals surface area contributed by atoms with Crippen LogP contribution in [0, 0.1) is 5.82 Å². The zero-order chi connectivity index (χ0) is 14.3. The number of nitrogens with two attached hydrogens (primary N) is 1. The van der Waals surface area contributed by atoms with Crippen LogP contribution < -0.4 is 5.73 Å². The van der Waals surface area contributed by atoms with E-state index in [0.717, 1.165) is 29.8 Å². The Bertz CT molecular complexity index is 616. The third kappa shape index (κ3) is 2.27. The number of hydrogen-bond donors (Lipinski definition) is 1. The normalized spacial score (nSPS) is 18.9. The predicted octanol–water partition coefficient (Wildman–Crippen LogP) is 3.94. The molecule has 0 spiro atoms. The van der Waals surface area contributed by atoms with Gasteiger partial charge in [-0.3, -0.25) is 0 Å². The summed E-state index contributed by atoms with van der Waals surface area (Å²) in [5.74, 6) is -0.204. The molecule has 2 N–H and O–H groups in total. The van der Waals surface area contributed by atoms with Crippen LogP contribution in [0.1, 0.15) is 53.9 Å². The lowest BCUT2D eigenvalue weighted by Crippen LogP contribution is -2.18. The number of halogens is 1. The molecule has 0 fully saturated rings. The molecule has 1 aliphatic rings. The molecule has 4 heteroatoms. The minimum atomic E-state index is -0.213. The highest BCUT2D eigenvalue weighted by molar-refractivity contribution is 7.12. The summed E-state index contributed by atoms with van der Waals surface area (Å²) in [5.41, 5.74) is 8.22. The van der Waals surface area contributed by atoms with Gasteiger partial charge in [0.1, 0.15) is 10.8 Å². The molecule has 20 heavy (non-hydrogen) atoms. The van der Waals surface area contributed by atoms with Gasteiger partial charge in [-0.05, 0) is 50.8 Å². The lowest BCUT2D eigenvalue weighted by atomic mass is 9.85. The first-order valence-corrected chi connectivity index (χ1v) is 7.82. The number of fused-ring (bicyclic) bond motifs is 1. The molecule has 0 bridgehead atoms. The van der Waals surface area contributed by atoms with Gasteiger partial charge in [0, 0.05) is 16.3 Å². The minimum Gasteiger partial charge on any atom is -0.323 e. The summed E-state index contributed by atoms with van der Waals surface area (Å²) in [4.78, 5) is 6.05. The van der Waals surface area contributed by atoms with E-state index in [1.165, 1.54) is 22.7 Å². The molecule has 0 radical (unpaired) electrons. The number of thiazole rings is 1. The Morgan fingerprint density at radius 1 is 1.30 bits per heavy atom. The van der Waals surface area contributed by atoms with Gasteiger partial charge in [0.05, 0.1) is 5.69 Å². The standard InChI is InChI=1S/C16H19FN2S/c1-16(2,10-6-8-11(17)9-7-10)15-19-13-5-3-4-12(18)14(13)20-15/h6-9,12H,3-5,18H2,1-2H3. The molecule has 2 aromatic rings. The summed E-state index contributed by atoms with van der Waals surface area (Å²) in [6.07, 6.45) is 3.19. The van der Waals surface area contributed by atoms with Crippen molar-refractivity contribution in [2.45, 2.75) is 44.6 Å². The minimum absolute atomic E-state index is 0.133. The van der Waals surface area contributed by atoms with Crippen molar-refractivity contribution in [3.8, 4) is 0 Å². The van der Waals surface area contributed by atoms with Gasteiger partial charge in [0.15, 0.2) is 0 Å². The first kappa shape index (κ1) is 13.7. The Balaban J connectivity index is 2.01. The molecule has 106 valence electrons. The molecule has 1 aromatic carbocycles. The summed E-state index contributed by atoms with van der Waals surface area (Å²) in [5, 5.41) is 1.08. The number of nitrogens with zero attached hydrogens (tertiary/aromatic N) is 1. The average molecular weight is 290 g/mol. The van der Waals surface area contributed by atoms with Crippen LogP contribution in [0.25, 0.3) is 0 Å². The van der Waals surface area contributed by atoms with Gasteiger partial charge >= 0.3 is 0 Å². The van der Waals surface area contributed by atoms with Crippen LogP contribution in [0.15, 0.2) is 24.3 Å². The van der Waals surface area contributed by atoms with Gasteiger partial charge in [0.25, 0.3) is 0 Å². The molecule has 1 aromatic heterocycles. The van der Waals surface area contributed by atoms with Crippen molar-refractivity contribution < 1.29 is 4.39 Å². The molecule has 1 aliphatic carbocycles. The van der Waals surface area contributed by atoms with Gasteiger partial charge < -0.3 is 5.73 Å². The quantitative estimate of drug-likeness (QED) is 0.909. The fourth-order valence-electron chi connectivity index (χ4n) is 2.71. The summed E-state index contributed by atoms with van der Waals surface area (Å²) < 4.78 is 13.1. The average Bonchev–Trinajstić information content (AvgIpc) is 2.85. The second-order valence-electron chi connectivity index (χ2n) is 5.96. The van der Waals surface area contributed by atoms with Crippen molar-refractivity contribution in [3.63, 3.8) is 0 Å². The second-order valence-corrected chi connectivity index (χ2v) is 6.99. The molecule has 2 nitrogen and oxygen atoms in total. The van der Waals surface area contributed by atoms with Crippen molar-refractivity contribution in [3.05, 3.63) is 51.2 Å². The molecular formula is C16H19FN2S. The Morgan fingerprint density at radius 3 is 2.65 bits per heavy atom. The number of hydrogen-bond acceptors (Lipinski definition) is 3. The zero-order valence-corrected chi connectivity index (χ0v) is 12.6. The number of rotatable bonds is 2. The van der Waals surface area contributed by atoms with E-state index in [9.17, 15) is 4.39 Å². The first-order valence-electron chi connectivity index (χ1n) is 7.00. The maximum Gasteiger partial charge on any atom is 0.123 e. The van der Waals surface area contributed by atoms with Crippen LogP contribution in [0.4, 0.5) is 4.39 Å². The van der Waals surface area contributed by atoms with E-state index in [2.05, 4.69) is 13.8 Å². The van der Waals surface area contributed by atoms with E-state index in [1.807, 2.05) is 12.1 Å². The lowest BCUT2D eigenvalue weighted by molar-refractivity contribution is 0.568. The molecule has 1 atom stereocenters. The Hall–Kier alpha value is -1.26. The predicted molar refractivity (Wildman–Crippen MR) is 80.5 cm³/mol. The van der Waals surface area contributed by atoms with Gasteiger partial charge in [-0.15, -0.1) is 11.3 Å². The lowest BCUT2D eigenvalue weighted by Gasteiger charge is -2.22. The SMILES string of the molecule is CC(C)(c1ccc(F)cc1)c1nc2c(s1)C(N)CCC2. The Kier molecular flexibility index (Phi) is 3.38. The second kappa shape index (κ2) is 4.93. The van der Waals surface area contributed by atoms with E-state index >= 15 is 0 Å². The molecular weight excluding hydrogens is 271 g/mol. The van der Waals surface area contributed by atoms with Crippen molar-refractivity contribution in [1.29, 1.82) is 0 Å². The number of benzene rings is 1. The summed E-state index contributed by atoms with van der Waals surface area (Å²) >= 11 is 1.72. The van der Waals surface area contributed by atoms with Crippen molar-refractivity contribution in [2.75, 3.05) is 0 Å². The van der Waals surface area contributed by atoms with Crippen LogP contribution in [0.5, 0.6) is 0 Å². The summed E-state index contributed by atoms with van der Waals surface area (Å²) in [6.45, 7) is 4.27. The van der Waals surface area contributed by atoms with E-state index in [4.69, 9.17) is 10.7 Å². The fraction of sp³-hybridized carbons (Fsp3) is 0.438. The zero-order valence-electron chi connectivity index (χ0n) is 11.8. The number of aryl methyl sites for hydroxylation is 1. The van der Waals surface area contributed by atoms with Crippen molar-refractivity contribution >= 4 is 11.3 Å². The number of aromatic nitrogens is 1. The van der Waals surface area contributed by atoms with Crippen LogP contribution >= 0.6 is 11.3 Å². The van der Waals surface area contributed by atoms with Crippen LogP contribution in [-0.4, -0.2) is 4.98 Å². The monoisotopic (exact) mass is 290 g/mol. The largest absolute Gasteiger partial charge is 0.323 e. The highest BCUT2D eigenvalue weighted by Crippen LogP contribution is 2.40. The Morgan fingerprint density at radius 2 is 2.00 bits per heavy atom. The van der Waals surface area contributed by atoms with Gasteiger partial charge in [-0.1, -0.05) is 12.1 Å². The molecule has 0 saturated heterocycles. The molecule has 3 rings (SSSR count). The smallest absolute Gasteiger partial charge is 0.123 e. The van der Waals surface area contributed by atoms with Gasteiger partial charge in [-0.25, -0.2) is 9.37 Å². The first-order chi connectivity index (χ1) is 9.48. The maximum atomic E-state index is 13.1. The molecule has 0 saturated carbocycles. The molecule has 1 heterocycles. The van der Waals surface area contributed by atoms with Crippen molar-refractivity contribution in [2.24, 2.45) is 5.73 Å². The topological polar surface area (TPSA) is 38.9 Å². The third-order valence-corrected chi connectivity index (χ3v) is 5.65. The van der Waals surface area contributed by atoms with Crippen LogP contribution in [0.2, 0.25) is 0 Å². The molecule has 1 unspecified atom stereocenters. The highest BCUT2D eigenvalue weighted by Gasteiger charge is 2.30. The maximum absolute atomic E-state index is 13.1. The van der Waals surface area contributed by atoms with Gasteiger partial charge in [-0.2, -0.15) is 0 Å². The van der Waals surface area contributed by atoms with Gasteiger partial charge in [0.2, 0.25) is 0 Å². The fourth-order valence-corrected chi connectivity index (χ4v) is 3.98. The Labute approximate surface area is 122 Å². The third-order valence-electron chi connectivity index (χ3n) is 4.09. The van der Waals surface area contributed by atoms with E-state index in [0.29, 0.717) is 0 Å². The van der Waals surface area contributed by atoms with Crippen molar-refractivity contribution in [1.82, 2.24) is 4.98 Å². The van der Waals surface area contributed by atoms with E-state index in [1.54, 1.807) is 11.3 Å².